The van der Waals surface area contributed by atoms with Gasteiger partial charge in [-0.3, -0.25) is 9.69 Å². The van der Waals surface area contributed by atoms with Crippen molar-refractivity contribution >= 4 is 5.97 Å². The minimum Gasteiger partial charge on any atom is -0.480 e. The lowest BCUT2D eigenvalue weighted by molar-refractivity contribution is -0.138. The predicted octanol–water partition coefficient (Wildman–Crippen LogP) is 2.41. The molecule has 5 nitrogen and oxygen atoms in total. The van der Waals surface area contributed by atoms with E-state index in [0.717, 1.165) is 11.3 Å². The molecule has 0 radical (unpaired) electrons. The summed E-state index contributed by atoms with van der Waals surface area (Å²) in [6.45, 7) is 4.43. The fourth-order valence-electron chi connectivity index (χ4n) is 1.91. The smallest absolute Gasteiger partial charge is 0.317 e. The Labute approximate surface area is 117 Å². The van der Waals surface area contributed by atoms with Gasteiger partial charge in [-0.15, -0.1) is 6.58 Å². The second kappa shape index (κ2) is 6.68. The van der Waals surface area contributed by atoms with Crippen LogP contribution in [0.3, 0.4) is 0 Å². The van der Waals surface area contributed by atoms with Gasteiger partial charge in [0.1, 0.15) is 5.69 Å². The molecule has 2 aromatic rings. The Morgan fingerprint density at radius 3 is 2.80 bits per heavy atom. The molecule has 0 aliphatic rings. The molecule has 0 aliphatic heterocycles. The molecule has 0 bridgehead atoms. The quantitative estimate of drug-likeness (QED) is 0.784. The first-order chi connectivity index (χ1) is 9.69. The van der Waals surface area contributed by atoms with E-state index in [1.165, 1.54) is 0 Å². The fraction of sp³-hybridized carbons (Fsp3) is 0.200. The van der Waals surface area contributed by atoms with Gasteiger partial charge in [0.05, 0.1) is 13.1 Å². The first-order valence-electron chi connectivity index (χ1n) is 6.25. The van der Waals surface area contributed by atoms with E-state index in [1.54, 1.807) is 11.0 Å². The lowest BCUT2D eigenvalue weighted by Gasteiger charge is -2.15. The molecule has 0 aliphatic carbocycles. The molecule has 1 heterocycles. The average molecular weight is 272 g/mol. The molecule has 0 unspecified atom stereocenters. The molecule has 0 saturated carbocycles. The lowest BCUT2D eigenvalue weighted by atomic mass is 10.1. The van der Waals surface area contributed by atoms with Crippen LogP contribution in [0, 0.1) is 0 Å². The van der Waals surface area contributed by atoms with Crippen LogP contribution in [0.25, 0.3) is 11.3 Å². The molecule has 5 heteroatoms. The van der Waals surface area contributed by atoms with Crippen molar-refractivity contribution in [3.63, 3.8) is 0 Å². The topological polar surface area (TPSA) is 66.6 Å². The summed E-state index contributed by atoms with van der Waals surface area (Å²) in [7, 11) is 0. The number of aromatic nitrogens is 1. The maximum atomic E-state index is 10.8. The molecule has 20 heavy (non-hydrogen) atoms. The predicted molar refractivity (Wildman–Crippen MR) is 75.0 cm³/mol. The van der Waals surface area contributed by atoms with Crippen molar-refractivity contribution in [1.29, 1.82) is 0 Å². The number of carbonyl (C=O) groups is 1. The number of carboxylic acid groups (broad SMARTS) is 1. The van der Waals surface area contributed by atoms with Crippen LogP contribution < -0.4 is 0 Å². The maximum Gasteiger partial charge on any atom is 0.317 e. The normalized spacial score (nSPS) is 10.7. The molecule has 0 spiro atoms. The van der Waals surface area contributed by atoms with Crippen LogP contribution in [0.1, 0.15) is 5.76 Å². The highest BCUT2D eigenvalue weighted by Gasteiger charge is 2.13. The van der Waals surface area contributed by atoms with E-state index in [-0.39, 0.29) is 6.54 Å². The fourth-order valence-corrected chi connectivity index (χ4v) is 1.91. The highest BCUT2D eigenvalue weighted by molar-refractivity contribution is 5.69. The molecule has 0 saturated heterocycles. The number of nitrogens with zero attached hydrogens (tertiary/aromatic N) is 2. The minimum atomic E-state index is -0.880. The van der Waals surface area contributed by atoms with Crippen LogP contribution in [0.5, 0.6) is 0 Å². The Kier molecular flexibility index (Phi) is 4.68. The van der Waals surface area contributed by atoms with Crippen LogP contribution in [-0.4, -0.2) is 34.2 Å². The Hall–Kier alpha value is -2.40. The van der Waals surface area contributed by atoms with Crippen molar-refractivity contribution < 1.29 is 14.4 Å². The van der Waals surface area contributed by atoms with Crippen LogP contribution >= 0.6 is 0 Å². The van der Waals surface area contributed by atoms with Crippen molar-refractivity contribution in [3.8, 4) is 11.3 Å². The molecule has 104 valence electrons. The van der Waals surface area contributed by atoms with E-state index in [0.29, 0.717) is 18.8 Å². The third-order valence-corrected chi connectivity index (χ3v) is 2.75. The Bertz CT molecular complexity index is 578. The number of rotatable bonds is 7. The molecule has 0 atom stereocenters. The van der Waals surface area contributed by atoms with Gasteiger partial charge >= 0.3 is 5.97 Å². The molecule has 1 aromatic heterocycles. The van der Waals surface area contributed by atoms with Gasteiger partial charge in [-0.05, 0) is 0 Å². The van der Waals surface area contributed by atoms with Crippen molar-refractivity contribution in [2.24, 2.45) is 0 Å². The van der Waals surface area contributed by atoms with Crippen molar-refractivity contribution in [1.82, 2.24) is 10.1 Å². The minimum absolute atomic E-state index is 0.0621. The summed E-state index contributed by atoms with van der Waals surface area (Å²) in [5.41, 5.74) is 1.71. The summed E-state index contributed by atoms with van der Waals surface area (Å²) in [6.07, 6.45) is 1.66. The zero-order valence-corrected chi connectivity index (χ0v) is 11.0. The number of carboxylic acids is 1. The largest absolute Gasteiger partial charge is 0.480 e. The summed E-state index contributed by atoms with van der Waals surface area (Å²) in [6, 6.07) is 11.5. The summed E-state index contributed by atoms with van der Waals surface area (Å²) < 4.78 is 5.26. The van der Waals surface area contributed by atoms with Gasteiger partial charge in [-0.25, -0.2) is 0 Å². The number of hydrogen-bond acceptors (Lipinski definition) is 4. The van der Waals surface area contributed by atoms with Crippen molar-refractivity contribution in [2.45, 2.75) is 6.54 Å². The first-order valence-corrected chi connectivity index (χ1v) is 6.25. The van der Waals surface area contributed by atoms with Gasteiger partial charge in [-0.2, -0.15) is 0 Å². The molecule has 2 rings (SSSR count). The average Bonchev–Trinajstić information content (AvgIpc) is 2.88. The summed E-state index contributed by atoms with van der Waals surface area (Å²) in [5, 5.41) is 12.9. The monoisotopic (exact) mass is 272 g/mol. The van der Waals surface area contributed by atoms with Crippen LogP contribution in [0.2, 0.25) is 0 Å². The van der Waals surface area contributed by atoms with Gasteiger partial charge in [0.15, 0.2) is 5.76 Å². The second-order valence-electron chi connectivity index (χ2n) is 4.40. The van der Waals surface area contributed by atoms with E-state index >= 15 is 0 Å². The Balaban J connectivity index is 2.08. The molecular formula is C15H16N2O3. The summed E-state index contributed by atoms with van der Waals surface area (Å²) in [4.78, 5) is 12.5. The highest BCUT2D eigenvalue weighted by Crippen LogP contribution is 2.19. The molecule has 0 amide bonds. The number of hydrogen-bond donors (Lipinski definition) is 1. The van der Waals surface area contributed by atoms with Crippen LogP contribution in [-0.2, 0) is 11.3 Å². The molecule has 0 fully saturated rings. The SMILES string of the molecule is C=CCN(CC(=O)O)Cc1cc(-c2ccccc2)no1. The maximum absolute atomic E-state index is 10.8. The van der Waals surface area contributed by atoms with Gasteiger partial charge < -0.3 is 9.63 Å². The Morgan fingerprint density at radius 2 is 2.15 bits per heavy atom. The van der Waals surface area contributed by atoms with Gasteiger partial charge in [0.25, 0.3) is 0 Å². The third kappa shape index (κ3) is 3.80. The number of benzene rings is 1. The van der Waals surface area contributed by atoms with Crippen LogP contribution in [0.4, 0.5) is 0 Å². The summed E-state index contributed by atoms with van der Waals surface area (Å²) in [5.74, 6) is -0.249. The van der Waals surface area contributed by atoms with Gasteiger partial charge in [-0.1, -0.05) is 41.6 Å². The Morgan fingerprint density at radius 1 is 1.40 bits per heavy atom. The van der Waals surface area contributed by atoms with Gasteiger partial charge in [0.2, 0.25) is 0 Å². The van der Waals surface area contributed by atoms with E-state index < -0.39 is 5.97 Å². The summed E-state index contributed by atoms with van der Waals surface area (Å²) >= 11 is 0. The third-order valence-electron chi connectivity index (χ3n) is 2.75. The number of aliphatic carboxylic acids is 1. The zero-order valence-electron chi connectivity index (χ0n) is 11.0. The van der Waals surface area contributed by atoms with E-state index in [1.807, 2.05) is 36.4 Å². The van der Waals surface area contributed by atoms with E-state index in [9.17, 15) is 4.79 Å². The molecular weight excluding hydrogens is 256 g/mol. The second-order valence-corrected chi connectivity index (χ2v) is 4.40. The van der Waals surface area contributed by atoms with Crippen molar-refractivity contribution in [2.75, 3.05) is 13.1 Å². The van der Waals surface area contributed by atoms with E-state index in [2.05, 4.69) is 11.7 Å². The standard InChI is InChI=1S/C15H16N2O3/c1-2-8-17(11-15(18)19)10-13-9-14(16-20-13)12-6-4-3-5-7-12/h2-7,9H,1,8,10-11H2,(H,18,19). The van der Waals surface area contributed by atoms with Gasteiger partial charge in [0, 0.05) is 18.2 Å². The van der Waals surface area contributed by atoms with Crippen molar-refractivity contribution in [3.05, 3.63) is 54.8 Å². The lowest BCUT2D eigenvalue weighted by Crippen LogP contribution is -2.29. The molecule has 1 N–H and O–H groups in total. The first kappa shape index (κ1) is 14.0. The van der Waals surface area contributed by atoms with Crippen LogP contribution in [0.15, 0.2) is 53.6 Å². The van der Waals surface area contributed by atoms with E-state index in [4.69, 9.17) is 9.63 Å². The highest BCUT2D eigenvalue weighted by atomic mass is 16.5. The zero-order chi connectivity index (χ0) is 14.4. The molecule has 1 aromatic carbocycles.